The molecule has 0 aliphatic rings. The zero-order valence-electron chi connectivity index (χ0n) is 13.9. The van der Waals surface area contributed by atoms with E-state index in [0.717, 1.165) is 11.6 Å². The Balaban J connectivity index is 1.99. The molecular formula is C19H19F3N2. The smallest absolute Gasteiger partial charge is 0.304 e. The Kier molecular flexibility index (Phi) is 3.90. The van der Waals surface area contributed by atoms with E-state index in [1.54, 1.807) is 10.6 Å². The fourth-order valence-corrected chi connectivity index (χ4v) is 2.73. The highest BCUT2D eigenvalue weighted by Gasteiger charge is 2.31. The second kappa shape index (κ2) is 5.65. The van der Waals surface area contributed by atoms with Gasteiger partial charge in [0, 0.05) is 24.5 Å². The lowest BCUT2D eigenvalue weighted by Gasteiger charge is -2.19. The van der Waals surface area contributed by atoms with Crippen molar-refractivity contribution in [2.75, 3.05) is 0 Å². The molecule has 0 spiro atoms. The quantitative estimate of drug-likeness (QED) is 0.627. The van der Waals surface area contributed by atoms with Crippen molar-refractivity contribution in [2.45, 2.75) is 38.8 Å². The number of aromatic nitrogens is 2. The Labute approximate surface area is 139 Å². The third-order valence-electron chi connectivity index (χ3n) is 4.12. The van der Waals surface area contributed by atoms with Crippen molar-refractivity contribution in [2.24, 2.45) is 0 Å². The summed E-state index contributed by atoms with van der Waals surface area (Å²) in [5.41, 5.74) is 2.43. The minimum atomic E-state index is -4.38. The zero-order chi connectivity index (χ0) is 17.5. The van der Waals surface area contributed by atoms with E-state index in [2.05, 4.69) is 25.8 Å². The highest BCUT2D eigenvalue weighted by Crippen LogP contribution is 2.31. The molecule has 0 unspecified atom stereocenters. The molecule has 3 aromatic rings. The Bertz CT molecular complexity index is 853. The van der Waals surface area contributed by atoms with E-state index in [1.165, 1.54) is 17.8 Å². The predicted molar refractivity (Wildman–Crippen MR) is 88.1 cm³/mol. The number of alkyl halides is 3. The minimum absolute atomic E-state index is 0.0480. The van der Waals surface area contributed by atoms with E-state index in [0.29, 0.717) is 17.8 Å². The van der Waals surface area contributed by atoms with E-state index in [4.69, 9.17) is 0 Å². The van der Waals surface area contributed by atoms with Gasteiger partial charge in [-0.2, -0.15) is 13.2 Å². The van der Waals surface area contributed by atoms with Crippen LogP contribution in [0.15, 0.2) is 48.8 Å². The summed E-state index contributed by atoms with van der Waals surface area (Å²) in [5.74, 6) is 0. The van der Waals surface area contributed by atoms with Crippen molar-refractivity contribution in [3.63, 3.8) is 0 Å². The molecule has 0 radical (unpaired) electrons. The molecule has 126 valence electrons. The molecular weight excluding hydrogens is 313 g/mol. The number of halogens is 3. The van der Waals surface area contributed by atoms with Crippen LogP contribution in [0.1, 0.15) is 43.2 Å². The molecule has 3 rings (SSSR count). The topological polar surface area (TPSA) is 17.3 Å². The van der Waals surface area contributed by atoms with Gasteiger partial charge in [-0.25, -0.2) is 4.98 Å². The first-order chi connectivity index (χ1) is 11.1. The van der Waals surface area contributed by atoms with Crippen LogP contribution in [-0.2, 0) is 18.0 Å². The summed E-state index contributed by atoms with van der Waals surface area (Å²) >= 11 is 0. The maximum absolute atomic E-state index is 13.1. The van der Waals surface area contributed by atoms with Crippen LogP contribution in [0.4, 0.5) is 13.2 Å². The van der Waals surface area contributed by atoms with Gasteiger partial charge in [-0.1, -0.05) is 45.0 Å². The van der Waals surface area contributed by atoms with Crippen molar-refractivity contribution in [3.8, 4) is 0 Å². The van der Waals surface area contributed by atoms with Gasteiger partial charge >= 0.3 is 6.18 Å². The second-order valence-corrected chi connectivity index (χ2v) is 7.01. The lowest BCUT2D eigenvalue weighted by Crippen LogP contribution is -2.11. The van der Waals surface area contributed by atoms with Crippen LogP contribution in [0, 0.1) is 0 Å². The van der Waals surface area contributed by atoms with E-state index in [9.17, 15) is 13.2 Å². The Hall–Kier alpha value is -2.30. The number of hydrogen-bond acceptors (Lipinski definition) is 1. The largest absolute Gasteiger partial charge is 0.416 e. The van der Waals surface area contributed by atoms with Crippen LogP contribution in [0.25, 0.3) is 5.65 Å². The Morgan fingerprint density at radius 3 is 2.21 bits per heavy atom. The lowest BCUT2D eigenvalue weighted by molar-refractivity contribution is -0.137. The van der Waals surface area contributed by atoms with Crippen LogP contribution < -0.4 is 0 Å². The molecule has 2 aromatic heterocycles. The first-order valence-electron chi connectivity index (χ1n) is 7.77. The number of benzene rings is 1. The summed E-state index contributed by atoms with van der Waals surface area (Å²) in [4.78, 5) is 4.00. The molecule has 0 amide bonds. The number of nitrogens with zero attached hydrogens (tertiary/aromatic N) is 2. The standard InChI is InChI=1S/C19H19F3N2/c1-18(2,3)14-6-4-13(5-7-14)10-16-11-15(19(20,21)22)12-17-23-8-9-24(16)17/h4-9,11-12H,10H2,1-3H3. The number of hydrogen-bond donors (Lipinski definition) is 0. The van der Waals surface area contributed by atoms with Gasteiger partial charge in [0.25, 0.3) is 0 Å². The van der Waals surface area contributed by atoms with Crippen LogP contribution >= 0.6 is 0 Å². The molecule has 0 N–H and O–H groups in total. The summed E-state index contributed by atoms with van der Waals surface area (Å²) in [6, 6.07) is 10.3. The minimum Gasteiger partial charge on any atom is -0.304 e. The van der Waals surface area contributed by atoms with Crippen LogP contribution in [0.2, 0.25) is 0 Å². The number of imidazole rings is 1. The second-order valence-electron chi connectivity index (χ2n) is 7.01. The number of rotatable bonds is 2. The Morgan fingerprint density at radius 1 is 0.958 bits per heavy atom. The third kappa shape index (κ3) is 3.30. The molecule has 5 heteroatoms. The third-order valence-corrected chi connectivity index (χ3v) is 4.12. The van der Waals surface area contributed by atoms with Crippen LogP contribution in [0.3, 0.4) is 0 Å². The normalized spacial score (nSPS) is 12.8. The van der Waals surface area contributed by atoms with Crippen molar-refractivity contribution in [3.05, 3.63) is 71.2 Å². The highest BCUT2D eigenvalue weighted by atomic mass is 19.4. The number of fused-ring (bicyclic) bond motifs is 1. The fraction of sp³-hybridized carbons (Fsp3) is 0.316. The van der Waals surface area contributed by atoms with E-state index in [1.807, 2.05) is 24.3 Å². The molecule has 1 aromatic carbocycles. The van der Waals surface area contributed by atoms with E-state index in [-0.39, 0.29) is 5.41 Å². The molecule has 0 aliphatic carbocycles. The summed E-state index contributed by atoms with van der Waals surface area (Å²) in [7, 11) is 0. The molecule has 0 saturated carbocycles. The van der Waals surface area contributed by atoms with Gasteiger partial charge in [-0.15, -0.1) is 0 Å². The Morgan fingerprint density at radius 2 is 1.62 bits per heavy atom. The summed E-state index contributed by atoms with van der Waals surface area (Å²) in [6.45, 7) is 6.39. The molecule has 2 nitrogen and oxygen atoms in total. The van der Waals surface area contributed by atoms with Crippen LogP contribution in [-0.4, -0.2) is 9.38 Å². The lowest BCUT2D eigenvalue weighted by atomic mass is 9.86. The summed E-state index contributed by atoms with van der Waals surface area (Å²) in [6.07, 6.45) is -0.754. The molecule has 0 fully saturated rings. The van der Waals surface area contributed by atoms with Gasteiger partial charge in [0.05, 0.1) is 5.56 Å². The van der Waals surface area contributed by atoms with Gasteiger partial charge in [0.2, 0.25) is 0 Å². The molecule has 0 bridgehead atoms. The first kappa shape index (κ1) is 16.6. The first-order valence-corrected chi connectivity index (χ1v) is 7.77. The average molecular weight is 332 g/mol. The molecule has 0 saturated heterocycles. The van der Waals surface area contributed by atoms with E-state index >= 15 is 0 Å². The maximum Gasteiger partial charge on any atom is 0.416 e. The SMILES string of the molecule is CC(C)(C)c1ccc(Cc2cc(C(F)(F)F)cc3nccn23)cc1. The van der Waals surface area contributed by atoms with Gasteiger partial charge in [0.1, 0.15) is 5.65 Å². The monoisotopic (exact) mass is 332 g/mol. The molecule has 24 heavy (non-hydrogen) atoms. The van der Waals surface area contributed by atoms with Gasteiger partial charge < -0.3 is 4.40 Å². The van der Waals surface area contributed by atoms with Crippen LogP contribution in [0.5, 0.6) is 0 Å². The van der Waals surface area contributed by atoms with Crippen molar-refractivity contribution < 1.29 is 13.2 Å². The molecule has 2 heterocycles. The highest BCUT2D eigenvalue weighted by molar-refractivity contribution is 5.46. The predicted octanol–water partition coefficient (Wildman–Crippen LogP) is 5.24. The van der Waals surface area contributed by atoms with Crippen molar-refractivity contribution in [1.82, 2.24) is 9.38 Å². The molecule has 0 aliphatic heterocycles. The summed E-state index contributed by atoms with van der Waals surface area (Å²) < 4.78 is 41.0. The molecule has 0 atom stereocenters. The van der Waals surface area contributed by atoms with Crippen molar-refractivity contribution in [1.29, 1.82) is 0 Å². The fourth-order valence-electron chi connectivity index (χ4n) is 2.73. The zero-order valence-corrected chi connectivity index (χ0v) is 13.9. The van der Waals surface area contributed by atoms with Gasteiger partial charge in [-0.05, 0) is 28.7 Å². The van der Waals surface area contributed by atoms with Gasteiger partial charge in [0.15, 0.2) is 0 Å². The van der Waals surface area contributed by atoms with Gasteiger partial charge in [-0.3, -0.25) is 0 Å². The number of pyridine rings is 1. The maximum atomic E-state index is 13.1. The van der Waals surface area contributed by atoms with Crippen molar-refractivity contribution >= 4 is 5.65 Å². The van der Waals surface area contributed by atoms with E-state index < -0.39 is 11.7 Å². The average Bonchev–Trinajstić information content (AvgIpc) is 2.94. The summed E-state index contributed by atoms with van der Waals surface area (Å²) in [5, 5.41) is 0.